The van der Waals surface area contributed by atoms with Crippen molar-refractivity contribution in [2.75, 3.05) is 0 Å². The topological polar surface area (TPSA) is 74.6 Å². The Morgan fingerprint density at radius 3 is 2.35 bits per heavy atom. The van der Waals surface area contributed by atoms with Crippen LogP contribution in [0.3, 0.4) is 0 Å². The van der Waals surface area contributed by atoms with E-state index in [4.69, 9.17) is 5.11 Å². The quantitative estimate of drug-likeness (QED) is 0.501. The lowest BCUT2D eigenvalue weighted by atomic mass is 9.85. The highest BCUT2D eigenvalue weighted by molar-refractivity contribution is 5.78. The fourth-order valence-corrected chi connectivity index (χ4v) is 3.07. The highest BCUT2D eigenvalue weighted by atomic mass is 16.4. The second kappa shape index (κ2) is 10.4. The maximum absolute atomic E-state index is 11.7. The van der Waals surface area contributed by atoms with Crippen molar-refractivity contribution in [1.29, 1.82) is 0 Å². The molecule has 0 unspecified atom stereocenters. The van der Waals surface area contributed by atoms with Gasteiger partial charge < -0.3 is 10.2 Å². The summed E-state index contributed by atoms with van der Waals surface area (Å²) in [4.78, 5) is 22.1. The first-order chi connectivity index (χ1) is 10.9. The summed E-state index contributed by atoms with van der Waals surface area (Å²) in [5.41, 5.74) is -0.837. The van der Waals surface area contributed by atoms with E-state index >= 15 is 0 Å². The van der Waals surface area contributed by atoms with E-state index in [0.717, 1.165) is 51.4 Å². The van der Waals surface area contributed by atoms with Gasteiger partial charge >= 0.3 is 5.97 Å². The average molecular weight is 322 g/mol. The van der Waals surface area contributed by atoms with Gasteiger partial charge in [0.25, 0.3) is 0 Å². The second-order valence-electron chi connectivity index (χ2n) is 6.75. The van der Waals surface area contributed by atoms with Crippen LogP contribution in [0, 0.1) is 17.8 Å². The van der Waals surface area contributed by atoms with E-state index in [1.807, 2.05) is 0 Å². The molecule has 1 rings (SSSR count). The summed E-state index contributed by atoms with van der Waals surface area (Å²) in [5, 5.41) is 18.9. The Morgan fingerprint density at radius 1 is 1.09 bits per heavy atom. The molecule has 0 spiro atoms. The molecule has 0 aromatic rings. The molecule has 0 aromatic carbocycles. The molecule has 0 aliphatic heterocycles. The van der Waals surface area contributed by atoms with Crippen molar-refractivity contribution >= 4 is 11.8 Å². The van der Waals surface area contributed by atoms with Gasteiger partial charge in [-0.25, -0.2) is 0 Å². The zero-order valence-corrected chi connectivity index (χ0v) is 14.3. The number of rotatable bonds is 9. The van der Waals surface area contributed by atoms with Crippen LogP contribution in [0.25, 0.3) is 0 Å². The molecule has 1 saturated carbocycles. The Hall–Kier alpha value is -1.34. The van der Waals surface area contributed by atoms with Gasteiger partial charge in [-0.1, -0.05) is 37.5 Å². The molecule has 0 saturated heterocycles. The number of hydrogen-bond donors (Lipinski definition) is 2. The van der Waals surface area contributed by atoms with Crippen molar-refractivity contribution in [3.8, 4) is 11.8 Å². The smallest absolute Gasteiger partial charge is 0.303 e. The van der Waals surface area contributed by atoms with Gasteiger partial charge in [-0.05, 0) is 45.4 Å². The Kier molecular flexibility index (Phi) is 8.94. The van der Waals surface area contributed by atoms with Crippen LogP contribution in [0.2, 0.25) is 0 Å². The summed E-state index contributed by atoms with van der Waals surface area (Å²) in [6, 6.07) is 0. The minimum Gasteiger partial charge on any atom is -0.481 e. The highest BCUT2D eigenvalue weighted by Crippen LogP contribution is 2.27. The van der Waals surface area contributed by atoms with E-state index in [2.05, 4.69) is 11.8 Å². The summed E-state index contributed by atoms with van der Waals surface area (Å²) >= 11 is 0. The van der Waals surface area contributed by atoms with Crippen molar-refractivity contribution in [3.63, 3.8) is 0 Å². The van der Waals surface area contributed by atoms with Crippen LogP contribution in [-0.4, -0.2) is 27.6 Å². The number of carboxylic acid groups (broad SMARTS) is 1. The summed E-state index contributed by atoms with van der Waals surface area (Å²) in [6.07, 6.45) is 9.72. The maximum Gasteiger partial charge on any atom is 0.303 e. The Morgan fingerprint density at radius 2 is 1.74 bits per heavy atom. The van der Waals surface area contributed by atoms with E-state index in [0.29, 0.717) is 12.8 Å². The number of carbonyl (C=O) groups excluding carboxylic acids is 1. The van der Waals surface area contributed by atoms with Crippen LogP contribution in [0.15, 0.2) is 0 Å². The zero-order valence-electron chi connectivity index (χ0n) is 14.3. The van der Waals surface area contributed by atoms with Crippen molar-refractivity contribution in [2.24, 2.45) is 5.92 Å². The van der Waals surface area contributed by atoms with Crippen LogP contribution in [0.5, 0.6) is 0 Å². The lowest BCUT2D eigenvalue weighted by molar-refractivity contribution is -0.137. The minimum absolute atomic E-state index is 0.0610. The molecule has 1 atom stereocenters. The third-order valence-electron chi connectivity index (χ3n) is 4.62. The van der Waals surface area contributed by atoms with Gasteiger partial charge in [0, 0.05) is 18.8 Å². The Labute approximate surface area is 139 Å². The lowest BCUT2D eigenvalue weighted by Crippen LogP contribution is -2.29. The molecule has 2 N–H and O–H groups in total. The first-order valence-corrected chi connectivity index (χ1v) is 8.87. The molecule has 0 heterocycles. The number of Topliss-reactive ketones (excluding diaryl/α,β-unsaturated/α-hetero) is 1. The van der Waals surface area contributed by atoms with Gasteiger partial charge in [-0.2, -0.15) is 0 Å². The zero-order chi connectivity index (χ0) is 17.1. The largest absolute Gasteiger partial charge is 0.481 e. The molecule has 23 heavy (non-hydrogen) atoms. The Balaban J connectivity index is 2.29. The van der Waals surface area contributed by atoms with Gasteiger partial charge in [-0.15, -0.1) is 0 Å². The van der Waals surface area contributed by atoms with E-state index in [-0.39, 0.29) is 18.1 Å². The minimum atomic E-state index is -0.837. The van der Waals surface area contributed by atoms with Crippen molar-refractivity contribution in [3.05, 3.63) is 0 Å². The number of carbonyl (C=O) groups is 2. The first-order valence-electron chi connectivity index (χ1n) is 8.87. The normalized spacial score (nSPS) is 17.8. The van der Waals surface area contributed by atoms with Gasteiger partial charge in [0.05, 0.1) is 0 Å². The Bertz CT molecular complexity index is 438. The van der Waals surface area contributed by atoms with Gasteiger partial charge in [0.2, 0.25) is 0 Å². The van der Waals surface area contributed by atoms with Gasteiger partial charge in [0.15, 0.2) is 0 Å². The molecule has 0 amide bonds. The molecule has 1 aliphatic rings. The van der Waals surface area contributed by atoms with Crippen molar-refractivity contribution < 1.29 is 19.8 Å². The molecule has 0 radical (unpaired) electrons. The molecule has 130 valence electrons. The monoisotopic (exact) mass is 322 g/mol. The van der Waals surface area contributed by atoms with Gasteiger partial charge in [-0.3, -0.25) is 9.59 Å². The summed E-state index contributed by atoms with van der Waals surface area (Å²) < 4.78 is 0. The highest BCUT2D eigenvalue weighted by Gasteiger charge is 2.26. The summed E-state index contributed by atoms with van der Waals surface area (Å²) in [6.45, 7) is 1.60. The van der Waals surface area contributed by atoms with Crippen molar-refractivity contribution in [2.45, 2.75) is 89.6 Å². The maximum atomic E-state index is 11.7. The molecule has 4 heteroatoms. The van der Waals surface area contributed by atoms with E-state index in [1.165, 1.54) is 6.42 Å². The predicted octanol–water partition coefficient (Wildman–Crippen LogP) is 3.71. The molecule has 0 bridgehead atoms. The van der Waals surface area contributed by atoms with Crippen LogP contribution in [0.4, 0.5) is 0 Å². The number of unbranched alkanes of at least 4 members (excludes halogenated alkanes) is 3. The SMILES string of the molecule is CC(=O)[C@H](CC#CC1(O)CCCCC1)CCCCCCC(=O)O. The lowest BCUT2D eigenvalue weighted by Gasteiger charge is -2.26. The van der Waals surface area contributed by atoms with Gasteiger partial charge in [0.1, 0.15) is 11.4 Å². The van der Waals surface area contributed by atoms with E-state index in [9.17, 15) is 14.7 Å². The summed E-state index contributed by atoms with van der Waals surface area (Å²) in [7, 11) is 0. The third-order valence-corrected chi connectivity index (χ3v) is 4.62. The van der Waals surface area contributed by atoms with Crippen LogP contribution >= 0.6 is 0 Å². The molecule has 1 fully saturated rings. The first kappa shape index (κ1) is 19.7. The van der Waals surface area contributed by atoms with Crippen molar-refractivity contribution in [1.82, 2.24) is 0 Å². The van der Waals surface area contributed by atoms with E-state index < -0.39 is 11.6 Å². The fraction of sp³-hybridized carbons (Fsp3) is 0.789. The van der Waals surface area contributed by atoms with Crippen LogP contribution in [0.1, 0.15) is 84.0 Å². The molecular weight excluding hydrogens is 292 g/mol. The predicted molar refractivity (Wildman–Crippen MR) is 89.9 cm³/mol. The summed E-state index contributed by atoms with van der Waals surface area (Å²) in [5.74, 6) is 5.38. The van der Waals surface area contributed by atoms with Crippen LogP contribution in [-0.2, 0) is 9.59 Å². The van der Waals surface area contributed by atoms with Crippen LogP contribution < -0.4 is 0 Å². The van der Waals surface area contributed by atoms with E-state index in [1.54, 1.807) is 6.92 Å². The number of aliphatic hydroxyl groups is 1. The third kappa shape index (κ3) is 8.76. The average Bonchev–Trinajstić information content (AvgIpc) is 2.49. The molecular formula is C19H30O4. The molecule has 1 aliphatic carbocycles. The second-order valence-corrected chi connectivity index (χ2v) is 6.75. The standard InChI is InChI=1S/C19H30O4/c1-16(20)17(10-5-2-3-6-12-18(21)22)11-9-15-19(23)13-7-4-8-14-19/h17,23H,2-8,10-14H2,1H3,(H,21,22)/t17-/m0/s1. The number of ketones is 1. The fourth-order valence-electron chi connectivity index (χ4n) is 3.07. The molecule has 4 nitrogen and oxygen atoms in total. The number of hydrogen-bond acceptors (Lipinski definition) is 3. The number of aliphatic carboxylic acids is 1. The number of carboxylic acids is 1. The molecule has 0 aromatic heterocycles.